The lowest BCUT2D eigenvalue weighted by atomic mass is 9.54. The fourth-order valence-electron chi connectivity index (χ4n) is 5.89. The Morgan fingerprint density at radius 1 is 1.10 bits per heavy atom. The molecule has 4 aliphatic carbocycles. The lowest BCUT2D eigenvalue weighted by molar-refractivity contribution is -0.384. The van der Waals surface area contributed by atoms with E-state index in [0.29, 0.717) is 23.4 Å². The molecular formula is C21H26N2O6. The highest BCUT2D eigenvalue weighted by Crippen LogP contribution is 2.57. The molecule has 1 atom stereocenters. The van der Waals surface area contributed by atoms with Gasteiger partial charge < -0.3 is 9.47 Å². The minimum Gasteiger partial charge on any atom is -0.467 e. The molecule has 4 aliphatic rings. The van der Waals surface area contributed by atoms with Gasteiger partial charge in [-0.05, 0) is 75.3 Å². The highest BCUT2D eigenvalue weighted by atomic mass is 16.6. The molecule has 1 amide bonds. The number of hydrogen-bond acceptors (Lipinski definition) is 6. The van der Waals surface area contributed by atoms with Crippen LogP contribution in [0.4, 0.5) is 16.2 Å². The fraction of sp³-hybridized carbons (Fsp3) is 0.619. The van der Waals surface area contributed by atoms with Crippen LogP contribution < -0.4 is 4.90 Å². The number of non-ortho nitro benzene ring substituents is 1. The van der Waals surface area contributed by atoms with Crippen LogP contribution in [0.2, 0.25) is 0 Å². The monoisotopic (exact) mass is 402 g/mol. The number of nitro benzene ring substituents is 1. The van der Waals surface area contributed by atoms with Crippen LogP contribution in [-0.4, -0.2) is 35.7 Å². The zero-order valence-corrected chi connectivity index (χ0v) is 16.7. The summed E-state index contributed by atoms with van der Waals surface area (Å²) in [5, 5.41) is 10.9. The zero-order chi connectivity index (χ0) is 20.8. The first kappa shape index (κ1) is 19.7. The molecule has 0 aromatic heterocycles. The standard InChI is InChI=1S/C21H26N2O6/c1-13(19(24)28-2)22(17-3-5-18(6-4-17)23(26)27)20(25)29-21-10-14-7-15(11-21)9-16(8-14)12-21/h3-6,13-16H,7-12H2,1-2H3/t13-,14?,15?,16?,21?/m0/s1. The van der Waals surface area contributed by atoms with Crippen LogP contribution in [0, 0.1) is 27.9 Å². The maximum atomic E-state index is 13.3. The first-order valence-corrected chi connectivity index (χ1v) is 10.1. The second-order valence-corrected chi connectivity index (χ2v) is 8.81. The van der Waals surface area contributed by atoms with Gasteiger partial charge in [-0.15, -0.1) is 0 Å². The van der Waals surface area contributed by atoms with Crippen LogP contribution in [0.1, 0.15) is 45.4 Å². The van der Waals surface area contributed by atoms with Crippen LogP contribution in [0.5, 0.6) is 0 Å². The second-order valence-electron chi connectivity index (χ2n) is 8.81. The van der Waals surface area contributed by atoms with Crippen molar-refractivity contribution in [2.24, 2.45) is 17.8 Å². The Hall–Kier alpha value is -2.64. The van der Waals surface area contributed by atoms with Crippen molar-refractivity contribution < 1.29 is 24.0 Å². The molecule has 0 aliphatic heterocycles. The number of amides is 1. The Morgan fingerprint density at radius 2 is 1.62 bits per heavy atom. The lowest BCUT2D eigenvalue weighted by Crippen LogP contribution is -2.55. The first-order chi connectivity index (χ1) is 13.8. The number of nitrogens with zero attached hydrogens (tertiary/aromatic N) is 2. The zero-order valence-electron chi connectivity index (χ0n) is 16.7. The minimum atomic E-state index is -0.914. The summed E-state index contributed by atoms with van der Waals surface area (Å²) in [7, 11) is 1.26. The van der Waals surface area contributed by atoms with Crippen LogP contribution in [0.15, 0.2) is 24.3 Å². The molecule has 156 valence electrons. The number of carbonyl (C=O) groups excluding carboxylic acids is 2. The molecule has 29 heavy (non-hydrogen) atoms. The average molecular weight is 402 g/mol. The van der Waals surface area contributed by atoms with Gasteiger partial charge in [0.1, 0.15) is 11.6 Å². The summed E-state index contributed by atoms with van der Waals surface area (Å²) >= 11 is 0. The van der Waals surface area contributed by atoms with Gasteiger partial charge in [0.2, 0.25) is 0 Å². The summed E-state index contributed by atoms with van der Waals surface area (Å²) in [5.41, 5.74) is -0.183. The molecule has 1 aromatic rings. The van der Waals surface area contributed by atoms with E-state index in [1.165, 1.54) is 55.5 Å². The maximum Gasteiger partial charge on any atom is 0.415 e. The fourth-order valence-corrected chi connectivity index (χ4v) is 5.89. The molecule has 8 nitrogen and oxygen atoms in total. The Bertz CT molecular complexity index is 786. The average Bonchev–Trinajstić information content (AvgIpc) is 2.66. The summed E-state index contributed by atoms with van der Waals surface area (Å²) < 4.78 is 10.9. The molecule has 0 radical (unpaired) electrons. The summed E-state index contributed by atoms with van der Waals surface area (Å²) in [5.74, 6) is 1.26. The van der Waals surface area contributed by atoms with Crippen molar-refractivity contribution in [2.75, 3.05) is 12.0 Å². The van der Waals surface area contributed by atoms with Gasteiger partial charge in [-0.3, -0.25) is 15.0 Å². The number of nitro groups is 1. The Morgan fingerprint density at radius 3 is 2.07 bits per heavy atom. The van der Waals surface area contributed by atoms with Gasteiger partial charge in [-0.25, -0.2) is 9.59 Å². The number of methoxy groups -OCH3 is 1. The van der Waals surface area contributed by atoms with Crippen LogP contribution >= 0.6 is 0 Å². The SMILES string of the molecule is COC(=O)[C@H](C)N(C(=O)OC12CC3CC(CC(C3)C1)C2)c1ccc([N+](=O)[O-])cc1. The predicted octanol–water partition coefficient (Wildman–Crippen LogP) is 4.07. The van der Waals surface area contributed by atoms with Crippen LogP contribution in [0.25, 0.3) is 0 Å². The van der Waals surface area contributed by atoms with E-state index in [1.54, 1.807) is 6.92 Å². The predicted molar refractivity (Wildman–Crippen MR) is 104 cm³/mol. The van der Waals surface area contributed by atoms with Crippen molar-refractivity contribution in [2.45, 2.75) is 57.1 Å². The third-order valence-electron chi connectivity index (χ3n) is 6.75. The van der Waals surface area contributed by atoms with E-state index < -0.39 is 28.6 Å². The van der Waals surface area contributed by atoms with Crippen molar-refractivity contribution in [1.82, 2.24) is 0 Å². The number of benzene rings is 1. The number of rotatable bonds is 5. The summed E-state index contributed by atoms with van der Waals surface area (Å²) in [6, 6.07) is 4.62. The molecule has 0 unspecified atom stereocenters. The molecule has 4 saturated carbocycles. The van der Waals surface area contributed by atoms with Gasteiger partial charge in [-0.2, -0.15) is 0 Å². The van der Waals surface area contributed by atoms with Gasteiger partial charge in [-0.1, -0.05) is 0 Å². The van der Waals surface area contributed by atoms with Crippen molar-refractivity contribution in [3.8, 4) is 0 Å². The van der Waals surface area contributed by atoms with E-state index in [0.717, 1.165) is 19.3 Å². The molecule has 1 aromatic carbocycles. The molecule has 0 saturated heterocycles. The lowest BCUT2D eigenvalue weighted by Gasteiger charge is -2.55. The number of esters is 1. The quantitative estimate of drug-likeness (QED) is 0.418. The molecule has 0 spiro atoms. The first-order valence-electron chi connectivity index (χ1n) is 10.1. The number of carbonyl (C=O) groups is 2. The normalized spacial score (nSPS) is 30.5. The molecule has 4 bridgehead atoms. The van der Waals surface area contributed by atoms with E-state index in [9.17, 15) is 19.7 Å². The smallest absolute Gasteiger partial charge is 0.415 e. The highest BCUT2D eigenvalue weighted by Gasteiger charge is 2.54. The molecule has 5 rings (SSSR count). The van der Waals surface area contributed by atoms with Gasteiger partial charge in [0.05, 0.1) is 12.0 Å². The molecule has 8 heteroatoms. The van der Waals surface area contributed by atoms with E-state index >= 15 is 0 Å². The highest BCUT2D eigenvalue weighted by molar-refractivity contribution is 5.95. The molecule has 0 heterocycles. The van der Waals surface area contributed by atoms with Crippen LogP contribution in [-0.2, 0) is 14.3 Å². The molecular weight excluding hydrogens is 376 g/mol. The third-order valence-corrected chi connectivity index (χ3v) is 6.75. The van der Waals surface area contributed by atoms with E-state index in [1.807, 2.05) is 0 Å². The van der Waals surface area contributed by atoms with Crippen molar-refractivity contribution in [3.05, 3.63) is 34.4 Å². The van der Waals surface area contributed by atoms with E-state index in [-0.39, 0.29) is 5.69 Å². The van der Waals surface area contributed by atoms with Gasteiger partial charge in [0.25, 0.3) is 5.69 Å². The Labute approximate surface area is 169 Å². The Balaban J connectivity index is 1.59. The van der Waals surface area contributed by atoms with Crippen LogP contribution in [0.3, 0.4) is 0 Å². The minimum absolute atomic E-state index is 0.0890. The number of hydrogen-bond donors (Lipinski definition) is 0. The second kappa shape index (κ2) is 7.31. The van der Waals surface area contributed by atoms with E-state index in [4.69, 9.17) is 9.47 Å². The third kappa shape index (κ3) is 3.68. The van der Waals surface area contributed by atoms with Crippen molar-refractivity contribution >= 4 is 23.4 Å². The van der Waals surface area contributed by atoms with E-state index in [2.05, 4.69) is 0 Å². The Kier molecular flexibility index (Phi) is 4.96. The molecule has 0 N–H and O–H groups in total. The summed E-state index contributed by atoms with van der Waals surface area (Å²) in [6.45, 7) is 1.56. The van der Waals surface area contributed by atoms with Gasteiger partial charge >= 0.3 is 12.1 Å². The largest absolute Gasteiger partial charge is 0.467 e. The maximum absolute atomic E-state index is 13.3. The number of ether oxygens (including phenoxy) is 2. The van der Waals surface area contributed by atoms with Crippen molar-refractivity contribution in [3.63, 3.8) is 0 Å². The summed E-state index contributed by atoms with van der Waals surface area (Å²) in [4.78, 5) is 37.1. The van der Waals surface area contributed by atoms with Gasteiger partial charge in [0, 0.05) is 17.8 Å². The van der Waals surface area contributed by atoms with Crippen molar-refractivity contribution in [1.29, 1.82) is 0 Å². The molecule has 4 fully saturated rings. The topological polar surface area (TPSA) is 99.0 Å². The van der Waals surface area contributed by atoms with Gasteiger partial charge in [0.15, 0.2) is 0 Å². The summed E-state index contributed by atoms with van der Waals surface area (Å²) in [6.07, 6.45) is 5.71. The number of anilines is 1.